The van der Waals surface area contributed by atoms with Gasteiger partial charge in [0.1, 0.15) is 5.75 Å². The number of nitrogens with one attached hydrogen (secondary N) is 1. The first-order valence-corrected chi connectivity index (χ1v) is 10.6. The van der Waals surface area contributed by atoms with Crippen LogP contribution >= 0.6 is 0 Å². The molecule has 0 aliphatic heterocycles. The number of methoxy groups -OCH3 is 1. The van der Waals surface area contributed by atoms with Crippen LogP contribution in [0.3, 0.4) is 0 Å². The molecule has 4 rings (SSSR count). The summed E-state index contributed by atoms with van der Waals surface area (Å²) in [7, 11) is 1.56. The number of aromatic nitrogens is 1. The van der Waals surface area contributed by atoms with Crippen molar-refractivity contribution in [3.63, 3.8) is 0 Å². The fourth-order valence-corrected chi connectivity index (χ4v) is 4.13. The number of benzene rings is 3. The number of aryl methyl sites for hydroxylation is 3. The SMILES string of the molecule is COc1cc2ccccc2cc1C(=O)N/N=C\c1cc(C)n(-c2ccc(C)cc2C)c1C. The van der Waals surface area contributed by atoms with E-state index in [2.05, 4.69) is 67.1 Å². The van der Waals surface area contributed by atoms with Crippen LogP contribution in [0.5, 0.6) is 5.75 Å². The molecule has 0 unspecified atom stereocenters. The predicted molar refractivity (Wildman–Crippen MR) is 130 cm³/mol. The van der Waals surface area contributed by atoms with Gasteiger partial charge in [0.15, 0.2) is 0 Å². The van der Waals surface area contributed by atoms with Crippen molar-refractivity contribution in [2.24, 2.45) is 5.10 Å². The van der Waals surface area contributed by atoms with Gasteiger partial charge in [-0.25, -0.2) is 5.43 Å². The van der Waals surface area contributed by atoms with Crippen molar-refractivity contribution in [1.82, 2.24) is 9.99 Å². The fourth-order valence-electron chi connectivity index (χ4n) is 4.13. The predicted octanol–water partition coefficient (Wildman–Crippen LogP) is 5.64. The Kier molecular flexibility index (Phi) is 5.82. The molecule has 0 bridgehead atoms. The van der Waals surface area contributed by atoms with Crippen molar-refractivity contribution in [3.05, 3.63) is 94.3 Å². The standard InChI is InChI=1S/C27H27N3O2/c1-17-10-11-25(18(2)12-17)30-19(3)13-23(20(30)4)16-28-29-27(31)24-14-21-8-6-7-9-22(21)15-26(24)32-5/h6-16H,1-5H3,(H,29,31)/b28-16-. The molecule has 4 aromatic rings. The maximum Gasteiger partial charge on any atom is 0.275 e. The van der Waals surface area contributed by atoms with E-state index in [1.165, 1.54) is 11.1 Å². The number of hydrogen-bond donors (Lipinski definition) is 1. The van der Waals surface area contributed by atoms with Crippen molar-refractivity contribution in [3.8, 4) is 11.4 Å². The first-order chi connectivity index (χ1) is 15.4. The van der Waals surface area contributed by atoms with Crippen molar-refractivity contribution in [2.75, 3.05) is 7.11 Å². The fraction of sp³-hybridized carbons (Fsp3) is 0.185. The molecule has 1 aromatic heterocycles. The van der Waals surface area contributed by atoms with Gasteiger partial charge in [-0.15, -0.1) is 0 Å². The highest BCUT2D eigenvalue weighted by Crippen LogP contribution is 2.26. The van der Waals surface area contributed by atoms with E-state index in [-0.39, 0.29) is 5.91 Å². The second-order valence-electron chi connectivity index (χ2n) is 8.05. The van der Waals surface area contributed by atoms with Crippen LogP contribution in [-0.4, -0.2) is 23.8 Å². The largest absolute Gasteiger partial charge is 0.496 e. The number of hydrogen-bond acceptors (Lipinski definition) is 3. The number of rotatable bonds is 5. The molecule has 0 saturated heterocycles. The number of ether oxygens (including phenoxy) is 1. The molecule has 1 amide bonds. The summed E-state index contributed by atoms with van der Waals surface area (Å²) in [5, 5.41) is 6.21. The lowest BCUT2D eigenvalue weighted by Crippen LogP contribution is -2.18. The van der Waals surface area contributed by atoms with Gasteiger partial charge < -0.3 is 9.30 Å². The first kappa shape index (κ1) is 21.4. The molecule has 0 spiro atoms. The number of nitrogens with zero attached hydrogens (tertiary/aromatic N) is 2. The summed E-state index contributed by atoms with van der Waals surface area (Å²) in [6, 6.07) is 20.1. The van der Waals surface area contributed by atoms with Gasteiger partial charge in [-0.2, -0.15) is 5.10 Å². The summed E-state index contributed by atoms with van der Waals surface area (Å²) < 4.78 is 7.64. The van der Waals surface area contributed by atoms with Crippen LogP contribution in [0.1, 0.15) is 38.4 Å². The van der Waals surface area contributed by atoms with Crippen LogP contribution in [0.15, 0.2) is 65.8 Å². The van der Waals surface area contributed by atoms with Crippen LogP contribution in [0.2, 0.25) is 0 Å². The molecule has 0 radical (unpaired) electrons. The van der Waals surface area contributed by atoms with Crippen molar-refractivity contribution < 1.29 is 9.53 Å². The normalized spacial score (nSPS) is 11.3. The van der Waals surface area contributed by atoms with E-state index in [1.54, 1.807) is 13.3 Å². The minimum atomic E-state index is -0.313. The topological polar surface area (TPSA) is 55.6 Å². The van der Waals surface area contributed by atoms with E-state index in [1.807, 2.05) is 36.4 Å². The highest BCUT2D eigenvalue weighted by Gasteiger charge is 2.14. The average Bonchev–Trinajstić information content (AvgIpc) is 3.06. The van der Waals surface area contributed by atoms with Crippen molar-refractivity contribution >= 4 is 22.9 Å². The third kappa shape index (κ3) is 4.02. The molecular formula is C27H27N3O2. The maximum absolute atomic E-state index is 12.8. The van der Waals surface area contributed by atoms with Gasteiger partial charge in [-0.3, -0.25) is 4.79 Å². The summed E-state index contributed by atoms with van der Waals surface area (Å²) >= 11 is 0. The molecule has 0 fully saturated rings. The molecule has 0 atom stereocenters. The number of carbonyl (C=O) groups excluding carboxylic acids is 1. The Labute approximate surface area is 188 Å². The number of carbonyl (C=O) groups is 1. The van der Waals surface area contributed by atoms with E-state index in [4.69, 9.17) is 4.74 Å². The summed E-state index contributed by atoms with van der Waals surface area (Å²) in [5.74, 6) is 0.205. The Morgan fingerprint density at radius 1 is 0.969 bits per heavy atom. The van der Waals surface area contributed by atoms with Gasteiger partial charge in [0.2, 0.25) is 0 Å². The molecule has 0 saturated carbocycles. The molecule has 5 nitrogen and oxygen atoms in total. The maximum atomic E-state index is 12.8. The van der Waals surface area contributed by atoms with Crippen LogP contribution in [0.25, 0.3) is 16.5 Å². The number of fused-ring (bicyclic) bond motifs is 1. The molecule has 1 heterocycles. The lowest BCUT2D eigenvalue weighted by Gasteiger charge is -2.13. The lowest BCUT2D eigenvalue weighted by atomic mass is 10.1. The zero-order chi connectivity index (χ0) is 22.8. The van der Waals surface area contributed by atoms with E-state index < -0.39 is 0 Å². The third-order valence-corrected chi connectivity index (χ3v) is 5.75. The van der Waals surface area contributed by atoms with Gasteiger partial charge in [-0.05, 0) is 68.3 Å². The number of amides is 1. The minimum Gasteiger partial charge on any atom is -0.496 e. The molecule has 32 heavy (non-hydrogen) atoms. The molecular weight excluding hydrogens is 398 g/mol. The van der Waals surface area contributed by atoms with Crippen LogP contribution in [0, 0.1) is 27.7 Å². The molecule has 0 aliphatic rings. The van der Waals surface area contributed by atoms with Gasteiger partial charge in [-0.1, -0.05) is 42.0 Å². The Balaban J connectivity index is 1.59. The second-order valence-corrected chi connectivity index (χ2v) is 8.05. The first-order valence-electron chi connectivity index (χ1n) is 10.6. The van der Waals surface area contributed by atoms with Gasteiger partial charge in [0.05, 0.1) is 18.9 Å². The third-order valence-electron chi connectivity index (χ3n) is 5.75. The van der Waals surface area contributed by atoms with Crippen molar-refractivity contribution in [2.45, 2.75) is 27.7 Å². The quantitative estimate of drug-likeness (QED) is 0.332. The Hall–Kier alpha value is -3.86. The number of hydrazone groups is 1. The van der Waals surface area contributed by atoms with Crippen LogP contribution < -0.4 is 10.2 Å². The summed E-state index contributed by atoms with van der Waals surface area (Å²) in [6.07, 6.45) is 1.69. The minimum absolute atomic E-state index is 0.313. The van der Waals surface area contributed by atoms with E-state index >= 15 is 0 Å². The summed E-state index contributed by atoms with van der Waals surface area (Å²) in [6.45, 7) is 8.34. The molecule has 1 N–H and O–H groups in total. The zero-order valence-electron chi connectivity index (χ0n) is 19.1. The van der Waals surface area contributed by atoms with E-state index in [9.17, 15) is 4.79 Å². The highest BCUT2D eigenvalue weighted by atomic mass is 16.5. The Morgan fingerprint density at radius 3 is 2.38 bits per heavy atom. The van der Waals surface area contributed by atoms with E-state index in [0.717, 1.165) is 33.4 Å². The van der Waals surface area contributed by atoms with Gasteiger partial charge >= 0.3 is 0 Å². The second kappa shape index (κ2) is 8.71. The van der Waals surface area contributed by atoms with Gasteiger partial charge in [0.25, 0.3) is 5.91 Å². The van der Waals surface area contributed by atoms with Gasteiger partial charge in [0, 0.05) is 22.6 Å². The van der Waals surface area contributed by atoms with Crippen LogP contribution in [0.4, 0.5) is 0 Å². The van der Waals surface area contributed by atoms with Crippen LogP contribution in [-0.2, 0) is 0 Å². The summed E-state index contributed by atoms with van der Waals surface area (Å²) in [4.78, 5) is 12.8. The molecule has 0 aliphatic carbocycles. The molecule has 5 heteroatoms. The monoisotopic (exact) mass is 425 g/mol. The molecule has 162 valence electrons. The Morgan fingerprint density at radius 2 is 1.69 bits per heavy atom. The van der Waals surface area contributed by atoms with E-state index in [0.29, 0.717) is 11.3 Å². The summed E-state index contributed by atoms with van der Waals surface area (Å²) in [5.41, 5.74) is 9.82. The Bertz CT molecular complexity index is 1350. The van der Waals surface area contributed by atoms with Crippen molar-refractivity contribution in [1.29, 1.82) is 0 Å². The zero-order valence-corrected chi connectivity index (χ0v) is 19.1. The smallest absolute Gasteiger partial charge is 0.275 e. The lowest BCUT2D eigenvalue weighted by molar-refractivity contribution is 0.0952. The molecule has 3 aromatic carbocycles. The highest BCUT2D eigenvalue weighted by molar-refractivity contribution is 6.02. The average molecular weight is 426 g/mol.